The van der Waals surface area contributed by atoms with Gasteiger partial charge in [0.1, 0.15) is 6.10 Å². The summed E-state index contributed by atoms with van der Waals surface area (Å²) in [6, 6.07) is 9.67. The lowest BCUT2D eigenvalue weighted by atomic mass is 10.0. The van der Waals surface area contributed by atoms with Gasteiger partial charge in [-0.1, -0.05) is 54.6 Å². The number of rotatable bonds is 5. The molecule has 0 spiro atoms. The van der Waals surface area contributed by atoms with Gasteiger partial charge >= 0.3 is 0 Å². The van der Waals surface area contributed by atoms with Crippen LogP contribution in [0, 0.1) is 0 Å². The SMILES string of the molecule is C/C=C\C.C=C(C)CC(OC=O)c1ccccc1. The maximum atomic E-state index is 10.3. The van der Waals surface area contributed by atoms with Crippen LogP contribution in [0.25, 0.3) is 0 Å². The monoisotopic (exact) mass is 246 g/mol. The Bertz CT molecular complexity index is 362. The van der Waals surface area contributed by atoms with E-state index < -0.39 is 0 Å². The lowest BCUT2D eigenvalue weighted by Crippen LogP contribution is -2.03. The predicted molar refractivity (Wildman–Crippen MR) is 76.3 cm³/mol. The summed E-state index contributed by atoms with van der Waals surface area (Å²) >= 11 is 0. The molecule has 0 aliphatic carbocycles. The van der Waals surface area contributed by atoms with Gasteiger partial charge in [-0.15, -0.1) is 0 Å². The van der Waals surface area contributed by atoms with Gasteiger partial charge in [0.25, 0.3) is 6.47 Å². The Morgan fingerprint density at radius 2 is 1.83 bits per heavy atom. The van der Waals surface area contributed by atoms with E-state index in [9.17, 15) is 4.79 Å². The summed E-state index contributed by atoms with van der Waals surface area (Å²) in [6.45, 7) is 10.2. The zero-order chi connectivity index (χ0) is 13.8. The van der Waals surface area contributed by atoms with Crippen LogP contribution in [0.4, 0.5) is 0 Å². The van der Waals surface area contributed by atoms with Crippen LogP contribution in [0.2, 0.25) is 0 Å². The first-order valence-corrected chi connectivity index (χ1v) is 6.01. The Kier molecular flexibility index (Phi) is 9.28. The van der Waals surface area contributed by atoms with E-state index in [4.69, 9.17) is 4.74 Å². The molecule has 0 N–H and O–H groups in total. The summed E-state index contributed by atoms with van der Waals surface area (Å²) in [5, 5.41) is 0. The molecule has 98 valence electrons. The molecule has 0 aliphatic heterocycles. The zero-order valence-electron chi connectivity index (χ0n) is 11.4. The molecular weight excluding hydrogens is 224 g/mol. The zero-order valence-corrected chi connectivity index (χ0v) is 11.4. The Morgan fingerprint density at radius 1 is 1.28 bits per heavy atom. The van der Waals surface area contributed by atoms with E-state index in [0.717, 1.165) is 11.1 Å². The second-order valence-corrected chi connectivity index (χ2v) is 3.96. The number of allylic oxidation sites excluding steroid dienone is 2. The lowest BCUT2D eigenvalue weighted by Gasteiger charge is -2.15. The van der Waals surface area contributed by atoms with E-state index in [2.05, 4.69) is 6.58 Å². The fraction of sp³-hybridized carbons (Fsp3) is 0.312. The van der Waals surface area contributed by atoms with Gasteiger partial charge in [0.05, 0.1) is 0 Å². The summed E-state index contributed by atoms with van der Waals surface area (Å²) in [7, 11) is 0. The van der Waals surface area contributed by atoms with Crippen molar-refractivity contribution in [3.05, 3.63) is 60.2 Å². The fourth-order valence-electron chi connectivity index (χ4n) is 1.30. The first kappa shape index (κ1) is 16.2. The largest absolute Gasteiger partial charge is 0.459 e. The highest BCUT2D eigenvalue weighted by molar-refractivity contribution is 5.39. The second-order valence-electron chi connectivity index (χ2n) is 3.96. The van der Waals surface area contributed by atoms with Crippen molar-refractivity contribution in [2.45, 2.75) is 33.3 Å². The predicted octanol–water partition coefficient (Wildman–Crippen LogP) is 4.45. The van der Waals surface area contributed by atoms with Gasteiger partial charge in [-0.2, -0.15) is 0 Å². The molecule has 1 unspecified atom stereocenters. The van der Waals surface area contributed by atoms with Crippen LogP contribution in [-0.4, -0.2) is 6.47 Å². The Balaban J connectivity index is 0.000000631. The third kappa shape index (κ3) is 7.44. The van der Waals surface area contributed by atoms with E-state index in [0.29, 0.717) is 12.9 Å². The van der Waals surface area contributed by atoms with E-state index in [-0.39, 0.29) is 6.10 Å². The molecule has 0 aromatic heterocycles. The van der Waals surface area contributed by atoms with E-state index in [1.54, 1.807) is 0 Å². The summed E-state index contributed by atoms with van der Waals surface area (Å²) in [6.07, 6.45) is 4.47. The average Bonchev–Trinajstić information content (AvgIpc) is 2.39. The molecule has 0 amide bonds. The molecule has 1 atom stereocenters. The number of carbonyl (C=O) groups is 1. The summed E-state index contributed by atoms with van der Waals surface area (Å²) < 4.78 is 5.00. The molecule has 0 bridgehead atoms. The third-order valence-corrected chi connectivity index (χ3v) is 2.26. The van der Waals surface area contributed by atoms with Gasteiger partial charge in [0.15, 0.2) is 0 Å². The molecule has 0 fully saturated rings. The molecule has 1 aromatic carbocycles. The molecule has 1 aromatic rings. The number of hydrogen-bond acceptors (Lipinski definition) is 2. The van der Waals surface area contributed by atoms with Crippen molar-refractivity contribution in [1.29, 1.82) is 0 Å². The summed E-state index contributed by atoms with van der Waals surface area (Å²) in [5.41, 5.74) is 2.00. The molecule has 0 aliphatic rings. The number of hydrogen-bond donors (Lipinski definition) is 0. The highest BCUT2D eigenvalue weighted by Crippen LogP contribution is 2.23. The molecule has 0 saturated carbocycles. The molecule has 0 heterocycles. The van der Waals surface area contributed by atoms with Gasteiger partial charge in [-0.05, 0) is 26.3 Å². The van der Waals surface area contributed by atoms with Crippen LogP contribution < -0.4 is 0 Å². The highest BCUT2D eigenvalue weighted by Gasteiger charge is 2.11. The van der Waals surface area contributed by atoms with Crippen LogP contribution in [0.5, 0.6) is 0 Å². The average molecular weight is 246 g/mol. The maximum absolute atomic E-state index is 10.3. The van der Waals surface area contributed by atoms with Crippen molar-refractivity contribution in [2.24, 2.45) is 0 Å². The molecule has 1 rings (SSSR count). The van der Waals surface area contributed by atoms with E-state index in [1.807, 2.05) is 63.3 Å². The van der Waals surface area contributed by atoms with Crippen molar-refractivity contribution >= 4 is 6.47 Å². The smallest absolute Gasteiger partial charge is 0.293 e. The first-order valence-electron chi connectivity index (χ1n) is 6.01. The van der Waals surface area contributed by atoms with Crippen LogP contribution >= 0.6 is 0 Å². The van der Waals surface area contributed by atoms with Gasteiger partial charge in [-0.3, -0.25) is 4.79 Å². The minimum atomic E-state index is -0.203. The molecule has 18 heavy (non-hydrogen) atoms. The third-order valence-electron chi connectivity index (χ3n) is 2.26. The van der Waals surface area contributed by atoms with Crippen LogP contribution in [-0.2, 0) is 9.53 Å². The number of benzene rings is 1. The van der Waals surface area contributed by atoms with Crippen LogP contribution in [0.3, 0.4) is 0 Å². The molecule has 2 nitrogen and oxygen atoms in total. The Hall–Kier alpha value is -1.83. The van der Waals surface area contributed by atoms with Crippen LogP contribution in [0.15, 0.2) is 54.6 Å². The van der Waals surface area contributed by atoms with Crippen LogP contribution in [0.1, 0.15) is 38.9 Å². The molecule has 2 heteroatoms. The highest BCUT2D eigenvalue weighted by atomic mass is 16.5. The quantitative estimate of drug-likeness (QED) is 0.566. The molecule has 0 saturated heterocycles. The minimum absolute atomic E-state index is 0.203. The normalized spacial score (nSPS) is 11.3. The van der Waals surface area contributed by atoms with Crippen molar-refractivity contribution in [3.8, 4) is 0 Å². The standard InChI is InChI=1S/C12H14O2.C4H8/c1-10(2)8-12(14-9-13)11-6-4-3-5-7-11;1-3-4-2/h3-7,9,12H,1,8H2,2H3;3-4H,1-2H3/b;4-3-. The Labute approximate surface area is 110 Å². The Morgan fingerprint density at radius 3 is 2.22 bits per heavy atom. The number of ether oxygens (including phenoxy) is 1. The summed E-state index contributed by atoms with van der Waals surface area (Å²) in [5.74, 6) is 0. The lowest BCUT2D eigenvalue weighted by molar-refractivity contribution is -0.133. The topological polar surface area (TPSA) is 26.3 Å². The second kappa shape index (κ2) is 10.3. The van der Waals surface area contributed by atoms with Crippen molar-refractivity contribution in [2.75, 3.05) is 0 Å². The van der Waals surface area contributed by atoms with Crippen molar-refractivity contribution in [3.63, 3.8) is 0 Å². The summed E-state index contributed by atoms with van der Waals surface area (Å²) in [4.78, 5) is 10.3. The van der Waals surface area contributed by atoms with Gasteiger partial charge in [0.2, 0.25) is 0 Å². The maximum Gasteiger partial charge on any atom is 0.293 e. The minimum Gasteiger partial charge on any atom is -0.459 e. The van der Waals surface area contributed by atoms with Gasteiger partial charge < -0.3 is 4.74 Å². The van der Waals surface area contributed by atoms with E-state index >= 15 is 0 Å². The van der Waals surface area contributed by atoms with E-state index in [1.165, 1.54) is 0 Å². The number of carbonyl (C=O) groups excluding carboxylic acids is 1. The van der Waals surface area contributed by atoms with Crippen molar-refractivity contribution < 1.29 is 9.53 Å². The molecular formula is C16H22O2. The first-order chi connectivity index (χ1) is 8.65. The fourth-order valence-corrected chi connectivity index (χ4v) is 1.30. The molecule has 0 radical (unpaired) electrons. The van der Waals surface area contributed by atoms with Gasteiger partial charge in [-0.25, -0.2) is 0 Å². The van der Waals surface area contributed by atoms with Gasteiger partial charge in [0, 0.05) is 6.42 Å². The van der Waals surface area contributed by atoms with Crippen molar-refractivity contribution in [1.82, 2.24) is 0 Å².